The lowest BCUT2D eigenvalue weighted by Gasteiger charge is -2.17. The summed E-state index contributed by atoms with van der Waals surface area (Å²) in [4.78, 5) is 9.42. The number of benzene rings is 1. The maximum Gasteiger partial charge on any atom is 0.228 e. The molecule has 0 bridgehead atoms. The van der Waals surface area contributed by atoms with Crippen molar-refractivity contribution in [2.24, 2.45) is 5.73 Å². The summed E-state index contributed by atoms with van der Waals surface area (Å²) in [5.41, 5.74) is 8.60. The van der Waals surface area contributed by atoms with E-state index in [1.807, 2.05) is 24.4 Å². The summed E-state index contributed by atoms with van der Waals surface area (Å²) in [6.45, 7) is 8.20. The number of ether oxygens (including phenoxy) is 1. The summed E-state index contributed by atoms with van der Waals surface area (Å²) in [6, 6.07) is 8.01. The number of hydrogen-bond donors (Lipinski definition) is 3. The zero-order chi connectivity index (χ0) is 20.1. The topological polar surface area (TPSA) is 102 Å². The Kier molecular flexibility index (Phi) is 6.43. The van der Waals surface area contributed by atoms with Gasteiger partial charge in [0.1, 0.15) is 11.6 Å². The normalized spacial score (nSPS) is 12.5. The maximum absolute atomic E-state index is 5.57. The molecule has 150 valence electrons. The van der Waals surface area contributed by atoms with Crippen molar-refractivity contribution in [1.82, 2.24) is 24.9 Å². The molecule has 8 heteroatoms. The Labute approximate surface area is 165 Å². The highest BCUT2D eigenvalue weighted by Gasteiger charge is 2.17. The largest absolute Gasteiger partial charge is 0.497 e. The predicted molar refractivity (Wildman–Crippen MR) is 111 cm³/mol. The first-order chi connectivity index (χ1) is 13.5. The van der Waals surface area contributed by atoms with Crippen molar-refractivity contribution in [3.63, 3.8) is 0 Å². The number of fused-ring (bicyclic) bond motifs is 1. The minimum atomic E-state index is 0.0183. The maximum atomic E-state index is 5.57. The van der Waals surface area contributed by atoms with Crippen LogP contribution < -0.4 is 21.1 Å². The molecule has 3 aromatic rings. The van der Waals surface area contributed by atoms with Gasteiger partial charge in [-0.3, -0.25) is 0 Å². The first-order valence-electron chi connectivity index (χ1n) is 9.59. The van der Waals surface area contributed by atoms with Crippen molar-refractivity contribution >= 4 is 11.6 Å². The van der Waals surface area contributed by atoms with Crippen LogP contribution in [0.4, 0.5) is 5.95 Å². The SMILES string of the molecule is COc1cccc([C@H](C)Nc2nc(CNCCN)nc3c(C(C)C)cnn23)c1. The number of rotatable bonds is 9. The van der Waals surface area contributed by atoms with Crippen LogP contribution in [-0.2, 0) is 6.54 Å². The van der Waals surface area contributed by atoms with Gasteiger partial charge in [-0.15, -0.1) is 0 Å². The number of nitrogens with two attached hydrogens (primary N) is 1. The van der Waals surface area contributed by atoms with Crippen LogP contribution in [0, 0.1) is 0 Å². The van der Waals surface area contributed by atoms with E-state index in [1.54, 1.807) is 11.6 Å². The second kappa shape index (κ2) is 8.99. The average Bonchev–Trinajstić information content (AvgIpc) is 3.13. The van der Waals surface area contributed by atoms with Crippen LogP contribution in [0.1, 0.15) is 49.7 Å². The Morgan fingerprint density at radius 3 is 2.75 bits per heavy atom. The summed E-state index contributed by atoms with van der Waals surface area (Å²) >= 11 is 0. The van der Waals surface area contributed by atoms with E-state index in [-0.39, 0.29) is 6.04 Å². The molecule has 2 heterocycles. The van der Waals surface area contributed by atoms with Crippen LogP contribution in [0.15, 0.2) is 30.5 Å². The van der Waals surface area contributed by atoms with Gasteiger partial charge in [-0.2, -0.15) is 14.6 Å². The predicted octanol–water partition coefficient (Wildman–Crippen LogP) is 2.48. The zero-order valence-electron chi connectivity index (χ0n) is 16.9. The Morgan fingerprint density at radius 1 is 1.21 bits per heavy atom. The molecule has 0 aliphatic heterocycles. The Balaban J connectivity index is 1.95. The molecule has 1 atom stereocenters. The smallest absolute Gasteiger partial charge is 0.228 e. The van der Waals surface area contributed by atoms with Gasteiger partial charge in [0.05, 0.1) is 25.9 Å². The minimum absolute atomic E-state index is 0.0183. The molecule has 3 rings (SSSR count). The third-order valence-corrected chi connectivity index (χ3v) is 4.61. The number of anilines is 1. The lowest BCUT2D eigenvalue weighted by atomic mass is 10.1. The van der Waals surface area contributed by atoms with Gasteiger partial charge in [0.15, 0.2) is 5.65 Å². The van der Waals surface area contributed by atoms with Gasteiger partial charge in [-0.05, 0) is 30.5 Å². The Bertz CT molecular complexity index is 922. The number of aromatic nitrogens is 4. The van der Waals surface area contributed by atoms with E-state index in [9.17, 15) is 0 Å². The molecule has 0 aliphatic rings. The number of nitrogens with zero attached hydrogens (tertiary/aromatic N) is 4. The molecule has 0 saturated heterocycles. The van der Waals surface area contributed by atoms with E-state index in [1.165, 1.54) is 0 Å². The third kappa shape index (κ3) is 4.40. The molecule has 0 unspecified atom stereocenters. The standard InChI is InChI=1S/C20H29N7O/c1-13(2)17-11-23-27-19(17)25-18(12-22-9-8-21)26-20(27)24-14(3)15-6-5-7-16(10-15)28-4/h5-7,10-11,13-14,22H,8-9,12,21H2,1-4H3,(H,24,25,26)/t14-/m0/s1. The Hall–Kier alpha value is -2.71. The number of methoxy groups -OCH3 is 1. The van der Waals surface area contributed by atoms with E-state index in [2.05, 4.69) is 42.6 Å². The molecule has 0 saturated carbocycles. The molecule has 0 aliphatic carbocycles. The molecule has 0 amide bonds. The van der Waals surface area contributed by atoms with Crippen molar-refractivity contribution in [3.8, 4) is 5.75 Å². The van der Waals surface area contributed by atoms with Gasteiger partial charge in [0.25, 0.3) is 0 Å². The molecule has 8 nitrogen and oxygen atoms in total. The van der Waals surface area contributed by atoms with E-state index in [0.29, 0.717) is 37.3 Å². The highest BCUT2D eigenvalue weighted by Crippen LogP contribution is 2.25. The summed E-state index contributed by atoms with van der Waals surface area (Å²) < 4.78 is 7.12. The van der Waals surface area contributed by atoms with Crippen molar-refractivity contribution in [1.29, 1.82) is 0 Å². The quantitative estimate of drug-likeness (QED) is 0.488. The van der Waals surface area contributed by atoms with Crippen LogP contribution in [0.25, 0.3) is 5.65 Å². The molecule has 0 spiro atoms. The average molecular weight is 384 g/mol. The van der Waals surface area contributed by atoms with Gasteiger partial charge in [-0.1, -0.05) is 26.0 Å². The molecule has 28 heavy (non-hydrogen) atoms. The number of nitrogens with one attached hydrogen (secondary N) is 2. The second-order valence-corrected chi connectivity index (χ2v) is 7.06. The van der Waals surface area contributed by atoms with Crippen LogP contribution in [0.5, 0.6) is 5.75 Å². The summed E-state index contributed by atoms with van der Waals surface area (Å²) in [5, 5.41) is 11.3. The van der Waals surface area contributed by atoms with E-state index in [4.69, 9.17) is 20.4 Å². The van der Waals surface area contributed by atoms with Crippen molar-refractivity contribution < 1.29 is 4.74 Å². The third-order valence-electron chi connectivity index (χ3n) is 4.61. The first kappa shape index (κ1) is 20.0. The molecular formula is C20H29N7O. The second-order valence-electron chi connectivity index (χ2n) is 7.06. The van der Waals surface area contributed by atoms with Crippen LogP contribution >= 0.6 is 0 Å². The zero-order valence-corrected chi connectivity index (χ0v) is 16.9. The molecule has 1 aromatic carbocycles. The highest BCUT2D eigenvalue weighted by molar-refractivity contribution is 5.52. The Morgan fingerprint density at radius 2 is 2.04 bits per heavy atom. The van der Waals surface area contributed by atoms with Crippen LogP contribution in [-0.4, -0.2) is 39.8 Å². The van der Waals surface area contributed by atoms with E-state index < -0.39 is 0 Å². The lowest BCUT2D eigenvalue weighted by Crippen LogP contribution is -2.24. The fraction of sp³-hybridized carbons (Fsp3) is 0.450. The monoisotopic (exact) mass is 383 g/mol. The summed E-state index contributed by atoms with van der Waals surface area (Å²) in [5.74, 6) is 2.52. The summed E-state index contributed by atoms with van der Waals surface area (Å²) in [6.07, 6.45) is 1.87. The van der Waals surface area contributed by atoms with Crippen molar-refractivity contribution in [2.75, 3.05) is 25.5 Å². The lowest BCUT2D eigenvalue weighted by molar-refractivity contribution is 0.414. The molecular weight excluding hydrogens is 354 g/mol. The molecule has 0 radical (unpaired) electrons. The fourth-order valence-corrected chi connectivity index (χ4v) is 3.01. The van der Waals surface area contributed by atoms with Crippen molar-refractivity contribution in [3.05, 3.63) is 47.4 Å². The van der Waals surface area contributed by atoms with Gasteiger partial charge >= 0.3 is 0 Å². The van der Waals surface area contributed by atoms with Gasteiger partial charge in [-0.25, -0.2) is 4.98 Å². The molecule has 4 N–H and O–H groups in total. The minimum Gasteiger partial charge on any atom is -0.497 e. The van der Waals surface area contributed by atoms with E-state index >= 15 is 0 Å². The van der Waals surface area contributed by atoms with Gasteiger partial charge < -0.3 is 21.1 Å². The van der Waals surface area contributed by atoms with Crippen LogP contribution in [0.3, 0.4) is 0 Å². The van der Waals surface area contributed by atoms with E-state index in [0.717, 1.165) is 22.5 Å². The van der Waals surface area contributed by atoms with Gasteiger partial charge in [0, 0.05) is 18.7 Å². The fourth-order valence-electron chi connectivity index (χ4n) is 3.01. The summed E-state index contributed by atoms with van der Waals surface area (Å²) in [7, 11) is 1.67. The first-order valence-corrected chi connectivity index (χ1v) is 9.59. The molecule has 2 aromatic heterocycles. The van der Waals surface area contributed by atoms with Gasteiger partial charge in [0.2, 0.25) is 5.95 Å². The molecule has 0 fully saturated rings. The van der Waals surface area contributed by atoms with Crippen molar-refractivity contribution in [2.45, 2.75) is 39.3 Å². The van der Waals surface area contributed by atoms with Crippen LogP contribution in [0.2, 0.25) is 0 Å². The number of hydrogen-bond acceptors (Lipinski definition) is 7. The highest BCUT2D eigenvalue weighted by atomic mass is 16.5.